The van der Waals surface area contributed by atoms with Crippen LogP contribution in [0.25, 0.3) is 0 Å². The first-order chi connectivity index (χ1) is 13.5. The molecule has 0 aromatic heterocycles. The van der Waals surface area contributed by atoms with Gasteiger partial charge < -0.3 is 20.7 Å². The number of aliphatic imine (C=N–C) groups is 1. The van der Waals surface area contributed by atoms with Crippen molar-refractivity contribution in [1.29, 1.82) is 0 Å². The van der Waals surface area contributed by atoms with E-state index >= 15 is 0 Å². The summed E-state index contributed by atoms with van der Waals surface area (Å²) in [6.07, 6.45) is 0.763. The van der Waals surface area contributed by atoms with E-state index in [4.69, 9.17) is 4.74 Å². The average Bonchev–Trinajstić information content (AvgIpc) is 2.71. The van der Waals surface area contributed by atoms with Gasteiger partial charge in [-0.2, -0.15) is 0 Å². The summed E-state index contributed by atoms with van der Waals surface area (Å²) in [7, 11) is 3.25. The molecule has 158 valence electrons. The van der Waals surface area contributed by atoms with E-state index in [1.165, 1.54) is 12.1 Å². The van der Waals surface area contributed by atoms with E-state index < -0.39 is 0 Å². The number of nitrogens with one attached hydrogen (secondary N) is 3. The highest BCUT2D eigenvalue weighted by molar-refractivity contribution is 14.0. The summed E-state index contributed by atoms with van der Waals surface area (Å²) in [6, 6.07) is 11.8. The molecule has 0 aliphatic rings. The van der Waals surface area contributed by atoms with Crippen molar-refractivity contribution in [2.45, 2.75) is 13.3 Å². The van der Waals surface area contributed by atoms with Crippen LogP contribution >= 0.6 is 24.0 Å². The molecule has 0 radical (unpaired) electrons. The van der Waals surface area contributed by atoms with Crippen LogP contribution in [0.4, 0.5) is 4.39 Å². The molecule has 2 aromatic carbocycles. The molecule has 1 amide bonds. The normalized spacial score (nSPS) is 10.7. The zero-order chi connectivity index (χ0) is 20.4. The third-order valence-electron chi connectivity index (χ3n) is 4.25. The molecule has 0 saturated carbocycles. The first-order valence-electron chi connectivity index (χ1n) is 9.15. The molecule has 0 aliphatic heterocycles. The van der Waals surface area contributed by atoms with E-state index in [0.717, 1.165) is 17.5 Å². The molecule has 0 aliphatic carbocycles. The number of aryl methyl sites for hydroxylation is 1. The van der Waals surface area contributed by atoms with Crippen molar-refractivity contribution in [2.24, 2.45) is 4.99 Å². The number of rotatable bonds is 8. The highest BCUT2D eigenvalue weighted by atomic mass is 127. The molecule has 2 rings (SSSR count). The fraction of sp³-hybridized carbons (Fsp3) is 0.333. The maximum atomic E-state index is 13.1. The van der Waals surface area contributed by atoms with Crippen LogP contribution in [0.1, 0.15) is 21.5 Å². The van der Waals surface area contributed by atoms with Crippen molar-refractivity contribution in [3.63, 3.8) is 0 Å². The van der Waals surface area contributed by atoms with E-state index in [9.17, 15) is 9.18 Å². The number of hydrogen-bond acceptors (Lipinski definition) is 3. The molecular formula is C21H28FIN4O2. The number of benzene rings is 2. The molecule has 0 unspecified atom stereocenters. The summed E-state index contributed by atoms with van der Waals surface area (Å²) >= 11 is 0. The van der Waals surface area contributed by atoms with Gasteiger partial charge in [0.05, 0.1) is 7.11 Å². The molecule has 0 spiro atoms. The summed E-state index contributed by atoms with van der Waals surface area (Å²) < 4.78 is 18.3. The van der Waals surface area contributed by atoms with Gasteiger partial charge in [-0.15, -0.1) is 24.0 Å². The number of amides is 1. The van der Waals surface area contributed by atoms with Crippen LogP contribution in [0.15, 0.2) is 47.5 Å². The summed E-state index contributed by atoms with van der Waals surface area (Å²) in [5, 5.41) is 9.21. The standard InChI is InChI=1S/C21H27FN4O2.HI/c1-15-13-18(22)8-7-16(15)9-10-25-21(23-2)26-12-11-24-20(27)17-5-4-6-19(14-17)28-3;/h4-8,13-14H,9-12H2,1-3H3,(H,24,27)(H2,23,25,26);1H. The first-order valence-corrected chi connectivity index (χ1v) is 9.15. The van der Waals surface area contributed by atoms with Crippen molar-refractivity contribution < 1.29 is 13.9 Å². The summed E-state index contributed by atoms with van der Waals surface area (Å²) in [5.74, 6) is 0.917. The van der Waals surface area contributed by atoms with Crippen LogP contribution < -0.4 is 20.7 Å². The number of halogens is 2. The highest BCUT2D eigenvalue weighted by Crippen LogP contribution is 2.12. The topological polar surface area (TPSA) is 74.8 Å². The van der Waals surface area contributed by atoms with Gasteiger partial charge in [0, 0.05) is 32.2 Å². The van der Waals surface area contributed by atoms with Gasteiger partial charge >= 0.3 is 0 Å². The number of ether oxygens (including phenoxy) is 1. The minimum Gasteiger partial charge on any atom is -0.497 e. The zero-order valence-corrected chi connectivity index (χ0v) is 19.3. The SMILES string of the molecule is CN=C(NCCNC(=O)c1cccc(OC)c1)NCCc1ccc(F)cc1C.I. The predicted octanol–water partition coefficient (Wildman–Crippen LogP) is 2.90. The van der Waals surface area contributed by atoms with Crippen LogP contribution in [0, 0.1) is 12.7 Å². The number of methoxy groups -OCH3 is 1. The lowest BCUT2D eigenvalue weighted by molar-refractivity contribution is 0.0954. The molecule has 0 atom stereocenters. The maximum absolute atomic E-state index is 13.1. The number of carbonyl (C=O) groups is 1. The lowest BCUT2D eigenvalue weighted by atomic mass is 10.1. The Morgan fingerprint density at radius 2 is 1.79 bits per heavy atom. The Morgan fingerprint density at radius 3 is 2.48 bits per heavy atom. The lowest BCUT2D eigenvalue weighted by Crippen LogP contribution is -2.42. The van der Waals surface area contributed by atoms with Crippen molar-refractivity contribution in [3.05, 3.63) is 65.0 Å². The fourth-order valence-electron chi connectivity index (χ4n) is 2.70. The van der Waals surface area contributed by atoms with Crippen LogP contribution in [-0.4, -0.2) is 45.7 Å². The van der Waals surface area contributed by atoms with Crippen molar-refractivity contribution in [3.8, 4) is 5.75 Å². The van der Waals surface area contributed by atoms with Gasteiger partial charge in [0.25, 0.3) is 5.91 Å². The van der Waals surface area contributed by atoms with Gasteiger partial charge in [-0.3, -0.25) is 9.79 Å². The van der Waals surface area contributed by atoms with Crippen LogP contribution in [0.5, 0.6) is 5.75 Å². The van der Waals surface area contributed by atoms with Gasteiger partial charge in [0.1, 0.15) is 11.6 Å². The third-order valence-corrected chi connectivity index (χ3v) is 4.25. The molecule has 6 nitrogen and oxygen atoms in total. The van der Waals surface area contributed by atoms with Crippen molar-refractivity contribution in [2.75, 3.05) is 33.8 Å². The second-order valence-corrected chi connectivity index (χ2v) is 6.23. The Kier molecular flexibility index (Phi) is 11.0. The number of hydrogen-bond donors (Lipinski definition) is 3. The van der Waals surface area contributed by atoms with Gasteiger partial charge in [0.15, 0.2) is 5.96 Å². The van der Waals surface area contributed by atoms with Gasteiger partial charge in [-0.05, 0) is 54.8 Å². The molecule has 0 fully saturated rings. The molecular weight excluding hydrogens is 486 g/mol. The van der Waals surface area contributed by atoms with Crippen LogP contribution in [0.3, 0.4) is 0 Å². The van der Waals surface area contributed by atoms with Crippen LogP contribution in [0.2, 0.25) is 0 Å². The third kappa shape index (κ3) is 8.26. The summed E-state index contributed by atoms with van der Waals surface area (Å²) in [4.78, 5) is 16.3. The number of guanidine groups is 1. The van der Waals surface area contributed by atoms with E-state index in [2.05, 4.69) is 20.9 Å². The lowest BCUT2D eigenvalue weighted by Gasteiger charge is -2.13. The fourth-order valence-corrected chi connectivity index (χ4v) is 2.70. The largest absolute Gasteiger partial charge is 0.497 e. The Hall–Kier alpha value is -2.36. The predicted molar refractivity (Wildman–Crippen MR) is 125 cm³/mol. The second-order valence-electron chi connectivity index (χ2n) is 6.23. The van der Waals surface area contributed by atoms with Gasteiger partial charge in [0.2, 0.25) is 0 Å². The molecule has 8 heteroatoms. The number of carbonyl (C=O) groups excluding carboxylic acids is 1. The maximum Gasteiger partial charge on any atom is 0.251 e. The van der Waals surface area contributed by atoms with Crippen molar-refractivity contribution >= 4 is 35.8 Å². The second kappa shape index (κ2) is 13.0. The van der Waals surface area contributed by atoms with Crippen molar-refractivity contribution in [1.82, 2.24) is 16.0 Å². The van der Waals surface area contributed by atoms with E-state index in [1.54, 1.807) is 44.5 Å². The first kappa shape index (κ1) is 24.7. The number of nitrogens with zero attached hydrogens (tertiary/aromatic N) is 1. The highest BCUT2D eigenvalue weighted by Gasteiger charge is 2.06. The Balaban J connectivity index is 0.00000420. The van der Waals surface area contributed by atoms with E-state index in [0.29, 0.717) is 36.9 Å². The Bertz CT molecular complexity index is 830. The zero-order valence-electron chi connectivity index (χ0n) is 16.9. The molecule has 3 N–H and O–H groups in total. The van der Waals surface area contributed by atoms with E-state index in [1.807, 2.05) is 6.92 Å². The smallest absolute Gasteiger partial charge is 0.251 e. The monoisotopic (exact) mass is 514 g/mol. The Morgan fingerprint density at radius 1 is 1.07 bits per heavy atom. The summed E-state index contributed by atoms with van der Waals surface area (Å²) in [5.41, 5.74) is 2.58. The molecule has 2 aromatic rings. The minimum atomic E-state index is -0.220. The minimum absolute atomic E-state index is 0. The molecule has 29 heavy (non-hydrogen) atoms. The quantitative estimate of drug-likeness (QED) is 0.219. The van der Waals surface area contributed by atoms with E-state index in [-0.39, 0.29) is 35.7 Å². The molecule has 0 heterocycles. The van der Waals surface area contributed by atoms with Gasteiger partial charge in [-0.25, -0.2) is 4.39 Å². The molecule has 0 bridgehead atoms. The Labute approximate surface area is 188 Å². The summed E-state index contributed by atoms with van der Waals surface area (Å²) in [6.45, 7) is 3.55. The molecule has 0 saturated heterocycles. The van der Waals surface area contributed by atoms with Gasteiger partial charge in [-0.1, -0.05) is 12.1 Å². The average molecular weight is 514 g/mol. The van der Waals surface area contributed by atoms with Crippen LogP contribution in [-0.2, 0) is 6.42 Å².